The lowest BCUT2D eigenvalue weighted by atomic mass is 9.69. The van der Waals surface area contributed by atoms with E-state index in [0.717, 1.165) is 42.9 Å². The molecule has 0 saturated heterocycles. The fourth-order valence-electron chi connectivity index (χ4n) is 4.35. The average molecular weight is 393 g/mol. The lowest BCUT2D eigenvalue weighted by molar-refractivity contribution is 0.0926. The highest BCUT2D eigenvalue weighted by Gasteiger charge is 2.35. The Hall–Kier alpha value is -3.16. The van der Waals surface area contributed by atoms with Crippen LogP contribution in [0.1, 0.15) is 54.0 Å². The van der Waals surface area contributed by atoms with Crippen LogP contribution in [0.5, 0.6) is 11.5 Å². The number of rotatable bonds is 4. The van der Waals surface area contributed by atoms with Crippen LogP contribution in [0.4, 0.5) is 0 Å². The molecule has 3 aromatic rings. The van der Waals surface area contributed by atoms with Gasteiger partial charge >= 0.3 is 0 Å². The predicted octanol–water partition coefficient (Wildman–Crippen LogP) is 2.79. The third-order valence-corrected chi connectivity index (χ3v) is 6.02. The summed E-state index contributed by atoms with van der Waals surface area (Å²) in [5.41, 5.74) is 1.94. The molecule has 1 aromatic carbocycles. The number of aryl methyl sites for hydroxylation is 1. The number of hydrogen-bond donors (Lipinski definition) is 1. The third kappa shape index (κ3) is 3.18. The van der Waals surface area contributed by atoms with Crippen LogP contribution in [0.25, 0.3) is 5.78 Å². The normalized spacial score (nSPS) is 17.4. The van der Waals surface area contributed by atoms with Crippen LogP contribution in [0.3, 0.4) is 0 Å². The quantitative estimate of drug-likeness (QED) is 0.733. The van der Waals surface area contributed by atoms with Crippen molar-refractivity contribution in [2.45, 2.75) is 44.4 Å². The first-order valence-corrected chi connectivity index (χ1v) is 10.0. The van der Waals surface area contributed by atoms with Gasteiger partial charge in [-0.15, -0.1) is 5.10 Å². The highest BCUT2D eigenvalue weighted by atomic mass is 16.7. The van der Waals surface area contributed by atoms with Gasteiger partial charge in [0.2, 0.25) is 12.6 Å². The minimum Gasteiger partial charge on any atom is -0.454 e. The highest BCUT2D eigenvalue weighted by molar-refractivity contribution is 5.90. The number of aromatic nitrogens is 4. The number of carbonyl (C=O) groups is 1. The zero-order valence-electron chi connectivity index (χ0n) is 16.4. The van der Waals surface area contributed by atoms with E-state index in [2.05, 4.69) is 32.5 Å². The molecule has 29 heavy (non-hydrogen) atoms. The van der Waals surface area contributed by atoms with E-state index in [-0.39, 0.29) is 23.9 Å². The van der Waals surface area contributed by atoms with Gasteiger partial charge in [-0.3, -0.25) is 4.79 Å². The molecular weight excluding hydrogens is 370 g/mol. The van der Waals surface area contributed by atoms with Crippen molar-refractivity contribution >= 4 is 11.7 Å². The van der Waals surface area contributed by atoms with Gasteiger partial charge in [0.15, 0.2) is 11.5 Å². The number of carbonyl (C=O) groups excluding carboxylic acids is 1. The summed E-state index contributed by atoms with van der Waals surface area (Å²) in [6, 6.07) is 7.96. The summed E-state index contributed by atoms with van der Waals surface area (Å²) < 4.78 is 12.6. The van der Waals surface area contributed by atoms with E-state index in [0.29, 0.717) is 12.3 Å². The summed E-state index contributed by atoms with van der Waals surface area (Å²) >= 11 is 0. The summed E-state index contributed by atoms with van der Waals surface area (Å²) in [4.78, 5) is 21.3. The maximum Gasteiger partial charge on any atom is 0.291 e. The summed E-state index contributed by atoms with van der Waals surface area (Å²) in [5.74, 6) is 1.85. The number of hydrogen-bond acceptors (Lipinski definition) is 6. The van der Waals surface area contributed by atoms with Crippen molar-refractivity contribution in [1.29, 1.82) is 0 Å². The largest absolute Gasteiger partial charge is 0.454 e. The van der Waals surface area contributed by atoms with E-state index >= 15 is 0 Å². The predicted molar refractivity (Wildman–Crippen MR) is 105 cm³/mol. The van der Waals surface area contributed by atoms with E-state index in [1.54, 1.807) is 10.7 Å². The van der Waals surface area contributed by atoms with Gasteiger partial charge in [-0.25, -0.2) is 9.50 Å². The molecule has 150 valence electrons. The summed E-state index contributed by atoms with van der Waals surface area (Å²) in [5, 5.41) is 7.39. The van der Waals surface area contributed by atoms with Gasteiger partial charge in [0, 0.05) is 23.9 Å². The van der Waals surface area contributed by atoms with Crippen molar-refractivity contribution in [2.75, 3.05) is 13.3 Å². The number of nitrogens with zero attached hydrogens (tertiary/aromatic N) is 4. The Balaban J connectivity index is 1.39. The van der Waals surface area contributed by atoms with Crippen LogP contribution in [-0.4, -0.2) is 38.8 Å². The Kier molecular flexibility index (Phi) is 4.34. The molecule has 1 saturated carbocycles. The van der Waals surface area contributed by atoms with Crippen LogP contribution in [0.2, 0.25) is 0 Å². The van der Waals surface area contributed by atoms with Crippen LogP contribution >= 0.6 is 0 Å². The molecule has 3 heterocycles. The smallest absolute Gasteiger partial charge is 0.291 e. The van der Waals surface area contributed by atoms with Gasteiger partial charge in [0.05, 0.1) is 0 Å². The fourth-order valence-corrected chi connectivity index (χ4v) is 4.35. The Morgan fingerprint density at radius 2 is 2.00 bits per heavy atom. The van der Waals surface area contributed by atoms with Gasteiger partial charge in [-0.1, -0.05) is 25.3 Å². The Morgan fingerprint density at radius 1 is 1.17 bits per heavy atom. The number of fused-ring (bicyclic) bond motifs is 2. The monoisotopic (exact) mass is 393 g/mol. The van der Waals surface area contributed by atoms with E-state index in [1.807, 2.05) is 19.1 Å². The third-order valence-electron chi connectivity index (χ3n) is 6.02. The second-order valence-corrected chi connectivity index (χ2v) is 7.83. The molecule has 1 N–H and O–H groups in total. The van der Waals surface area contributed by atoms with E-state index < -0.39 is 0 Å². The molecule has 0 bridgehead atoms. The van der Waals surface area contributed by atoms with E-state index in [1.165, 1.54) is 12.0 Å². The molecular formula is C21H23N5O3. The van der Waals surface area contributed by atoms with Crippen LogP contribution in [-0.2, 0) is 5.41 Å². The van der Waals surface area contributed by atoms with Crippen molar-refractivity contribution in [3.05, 3.63) is 47.5 Å². The number of benzene rings is 1. The molecule has 2 aliphatic rings. The zero-order chi connectivity index (χ0) is 19.8. The maximum absolute atomic E-state index is 12.8. The summed E-state index contributed by atoms with van der Waals surface area (Å²) in [6.45, 7) is 2.70. The first-order chi connectivity index (χ1) is 14.1. The SMILES string of the molecule is Cc1ccnc2nc(C(=O)NCC3(c4ccc5c(c4)OCO5)CCCCC3)nn12. The lowest BCUT2D eigenvalue weighted by Gasteiger charge is -2.38. The van der Waals surface area contributed by atoms with E-state index in [9.17, 15) is 4.79 Å². The molecule has 0 radical (unpaired) electrons. The van der Waals surface area contributed by atoms with Gasteiger partial charge in [0.25, 0.3) is 11.7 Å². The van der Waals surface area contributed by atoms with Crippen molar-refractivity contribution < 1.29 is 14.3 Å². The van der Waals surface area contributed by atoms with Gasteiger partial charge in [-0.05, 0) is 43.5 Å². The zero-order valence-corrected chi connectivity index (χ0v) is 16.4. The molecule has 1 aliphatic heterocycles. The molecule has 1 amide bonds. The Labute approximate surface area is 168 Å². The second-order valence-electron chi connectivity index (χ2n) is 7.83. The summed E-state index contributed by atoms with van der Waals surface area (Å²) in [6.07, 6.45) is 7.20. The molecule has 2 aromatic heterocycles. The van der Waals surface area contributed by atoms with Crippen LogP contribution in [0.15, 0.2) is 30.5 Å². The fraction of sp³-hybridized carbons (Fsp3) is 0.429. The molecule has 8 heteroatoms. The number of nitrogens with one attached hydrogen (secondary N) is 1. The molecule has 8 nitrogen and oxygen atoms in total. The minimum absolute atomic E-state index is 0.123. The summed E-state index contributed by atoms with van der Waals surface area (Å²) in [7, 11) is 0. The first-order valence-electron chi connectivity index (χ1n) is 10.0. The lowest BCUT2D eigenvalue weighted by Crippen LogP contribution is -2.42. The standard InChI is InChI=1S/C21H23N5O3/c1-14-7-10-22-20-24-18(25-26(14)20)19(27)23-12-21(8-3-2-4-9-21)15-5-6-16-17(11-15)29-13-28-16/h5-7,10-11H,2-4,8-9,12-13H2,1H3,(H,23,27). The van der Waals surface area contributed by atoms with Gasteiger partial charge < -0.3 is 14.8 Å². The van der Waals surface area contributed by atoms with Gasteiger partial charge in [-0.2, -0.15) is 4.98 Å². The van der Waals surface area contributed by atoms with E-state index in [4.69, 9.17) is 9.47 Å². The Bertz CT molecular complexity index is 1070. The molecule has 0 unspecified atom stereocenters. The topological polar surface area (TPSA) is 90.6 Å². The number of ether oxygens (including phenoxy) is 2. The number of amides is 1. The maximum atomic E-state index is 12.8. The Morgan fingerprint density at radius 3 is 2.83 bits per heavy atom. The average Bonchev–Trinajstić information content (AvgIpc) is 3.40. The van der Waals surface area contributed by atoms with Crippen molar-refractivity contribution in [3.8, 4) is 11.5 Å². The van der Waals surface area contributed by atoms with Crippen molar-refractivity contribution in [1.82, 2.24) is 24.9 Å². The first kappa shape index (κ1) is 17.9. The molecule has 0 atom stereocenters. The molecule has 1 aliphatic carbocycles. The minimum atomic E-state index is -0.277. The van der Waals surface area contributed by atoms with Gasteiger partial charge in [0.1, 0.15) is 0 Å². The molecule has 1 fully saturated rings. The van der Waals surface area contributed by atoms with Crippen molar-refractivity contribution in [3.63, 3.8) is 0 Å². The highest BCUT2D eigenvalue weighted by Crippen LogP contribution is 2.43. The molecule has 0 spiro atoms. The van der Waals surface area contributed by atoms with Crippen LogP contribution in [0, 0.1) is 6.92 Å². The van der Waals surface area contributed by atoms with Crippen molar-refractivity contribution in [2.24, 2.45) is 0 Å². The molecule has 5 rings (SSSR count). The second kappa shape index (κ2) is 7.02. The van der Waals surface area contributed by atoms with Crippen LogP contribution < -0.4 is 14.8 Å².